The first kappa shape index (κ1) is 20.0. The molecule has 0 aromatic heterocycles. The van der Waals surface area contributed by atoms with Gasteiger partial charge in [-0.05, 0) is 6.92 Å². The molecule has 112 valence electrons. The van der Waals surface area contributed by atoms with Crippen molar-refractivity contribution in [2.75, 3.05) is 12.3 Å². The Bertz CT molecular complexity index is 321. The summed E-state index contributed by atoms with van der Waals surface area (Å²) in [4.78, 5) is 30.2. The first-order valence-corrected chi connectivity index (χ1v) is 5.99. The molecule has 0 fully saturated rings. The summed E-state index contributed by atoms with van der Waals surface area (Å²) in [6.45, 7) is 3.77. The van der Waals surface area contributed by atoms with Crippen molar-refractivity contribution < 1.29 is 38.4 Å². The minimum absolute atomic E-state index is 0.0702. The number of alkyl halides is 3. The number of nitrogens with one attached hydrogen (secondary N) is 1. The molecule has 0 radical (unpaired) electrons. The summed E-state index contributed by atoms with van der Waals surface area (Å²) in [5.41, 5.74) is 3.57. The average molecular weight is 304 g/mol. The molecular weight excluding hydrogens is 289 g/mol. The van der Waals surface area contributed by atoms with Crippen molar-refractivity contribution in [2.24, 2.45) is 0 Å². The van der Waals surface area contributed by atoms with Gasteiger partial charge in [-0.2, -0.15) is 13.2 Å². The predicted molar refractivity (Wildman–Crippen MR) is 59.6 cm³/mol. The van der Waals surface area contributed by atoms with E-state index >= 15 is 0 Å². The van der Waals surface area contributed by atoms with E-state index in [1.54, 1.807) is 6.92 Å². The van der Waals surface area contributed by atoms with Crippen LogP contribution in [0.2, 0.25) is 0 Å². The molecule has 0 saturated carbocycles. The number of thioether (sulfide) groups is 1. The quantitative estimate of drug-likeness (QED) is 0.602. The number of carbonyl (C=O) groups is 3. The zero-order valence-electron chi connectivity index (χ0n) is 10.4. The van der Waals surface area contributed by atoms with Crippen LogP contribution in [0.15, 0.2) is 0 Å². The second-order valence-electron chi connectivity index (χ2n) is 3.32. The molecule has 0 aromatic carbocycles. The number of hydrogen-bond donors (Lipinski definition) is 2. The van der Waals surface area contributed by atoms with Crippen molar-refractivity contribution in [3.05, 3.63) is 0 Å². The lowest BCUT2D eigenvalue weighted by Crippen LogP contribution is -2.65. The third-order valence-electron chi connectivity index (χ3n) is 1.39. The fraction of sp³-hybridized carbons (Fsp3) is 0.667. The molecule has 1 unspecified atom stereocenters. The second-order valence-corrected chi connectivity index (χ2v) is 4.59. The summed E-state index contributed by atoms with van der Waals surface area (Å²) in [5.74, 6) is -2.44. The number of halogens is 3. The van der Waals surface area contributed by atoms with Crippen LogP contribution < -0.4 is 16.2 Å². The molecule has 4 N–H and O–H groups in total. The largest absolute Gasteiger partial charge is 0.542 e. The van der Waals surface area contributed by atoms with Crippen LogP contribution in [-0.4, -0.2) is 41.5 Å². The Balaban J connectivity index is 0. The van der Waals surface area contributed by atoms with Gasteiger partial charge in [0.1, 0.15) is 5.97 Å². The predicted octanol–water partition coefficient (Wildman–Crippen LogP) is -1.69. The van der Waals surface area contributed by atoms with Gasteiger partial charge in [-0.25, -0.2) is 0 Å². The molecule has 0 saturated heterocycles. The van der Waals surface area contributed by atoms with Crippen LogP contribution in [0.5, 0.6) is 0 Å². The molecule has 0 aliphatic carbocycles. The van der Waals surface area contributed by atoms with E-state index in [0.717, 1.165) is 0 Å². The lowest BCUT2D eigenvalue weighted by molar-refractivity contribution is -0.398. The van der Waals surface area contributed by atoms with Crippen LogP contribution in [0.1, 0.15) is 13.8 Å². The summed E-state index contributed by atoms with van der Waals surface area (Å²) >= 11 is 1.21. The Hall–Kier alpha value is -1.29. The third-order valence-corrected chi connectivity index (χ3v) is 2.20. The van der Waals surface area contributed by atoms with Crippen LogP contribution in [-0.2, 0) is 14.4 Å². The molecule has 1 atom stereocenters. The number of quaternary nitrogens is 1. The van der Waals surface area contributed by atoms with E-state index in [0.29, 0.717) is 12.3 Å². The van der Waals surface area contributed by atoms with Crippen LogP contribution in [0.3, 0.4) is 0 Å². The molecule has 6 nitrogen and oxygen atoms in total. The van der Waals surface area contributed by atoms with Gasteiger partial charge in [0, 0.05) is 19.2 Å². The highest BCUT2D eigenvalue weighted by atomic mass is 32.2. The van der Waals surface area contributed by atoms with Crippen molar-refractivity contribution in [1.82, 2.24) is 5.32 Å². The summed E-state index contributed by atoms with van der Waals surface area (Å²) in [6, 6.07) is -0.229. The Kier molecular flexibility index (Phi) is 10.1. The Morgan fingerprint density at radius 2 is 1.79 bits per heavy atom. The Morgan fingerprint density at radius 1 is 1.37 bits per heavy atom. The molecule has 0 aliphatic heterocycles. The van der Waals surface area contributed by atoms with Gasteiger partial charge in [0.15, 0.2) is 11.2 Å². The van der Waals surface area contributed by atoms with Gasteiger partial charge >= 0.3 is 6.18 Å². The first-order valence-electron chi connectivity index (χ1n) is 5.00. The van der Waals surface area contributed by atoms with E-state index in [1.807, 2.05) is 0 Å². The molecule has 0 spiro atoms. The van der Waals surface area contributed by atoms with E-state index in [4.69, 9.17) is 9.90 Å². The highest BCUT2D eigenvalue weighted by Crippen LogP contribution is 2.11. The van der Waals surface area contributed by atoms with Crippen molar-refractivity contribution in [1.29, 1.82) is 0 Å². The zero-order chi connectivity index (χ0) is 15.6. The molecule has 1 amide bonds. The van der Waals surface area contributed by atoms with Gasteiger partial charge < -0.3 is 21.0 Å². The summed E-state index contributed by atoms with van der Waals surface area (Å²) < 4.78 is 31.5. The van der Waals surface area contributed by atoms with E-state index in [2.05, 4.69) is 11.1 Å². The number of aliphatic carboxylic acids is 1. The number of carboxylic acid groups (broad SMARTS) is 1. The normalized spacial score (nSPS) is 11.9. The molecule has 10 heteroatoms. The van der Waals surface area contributed by atoms with Crippen molar-refractivity contribution in [3.63, 3.8) is 0 Å². The molecule has 19 heavy (non-hydrogen) atoms. The molecule has 0 bridgehead atoms. The van der Waals surface area contributed by atoms with Gasteiger partial charge in [0.05, 0.1) is 0 Å². The average Bonchev–Trinajstić information content (AvgIpc) is 2.23. The fourth-order valence-corrected chi connectivity index (χ4v) is 1.03. The lowest BCUT2D eigenvalue weighted by atomic mass is 10.3. The number of carboxylic acids is 1. The Morgan fingerprint density at radius 3 is 2.05 bits per heavy atom. The summed E-state index contributed by atoms with van der Waals surface area (Å²) in [6.07, 6.45) is -5.19. The van der Waals surface area contributed by atoms with Crippen LogP contribution in [0.25, 0.3) is 0 Å². The fourth-order valence-electron chi connectivity index (χ4n) is 0.543. The minimum Gasteiger partial charge on any atom is -0.542 e. The second kappa shape index (κ2) is 9.62. The maximum atomic E-state index is 10.9. The van der Waals surface area contributed by atoms with Crippen LogP contribution >= 0.6 is 11.8 Å². The third kappa shape index (κ3) is 14.7. The molecule has 0 aliphatic rings. The van der Waals surface area contributed by atoms with E-state index in [9.17, 15) is 22.8 Å². The van der Waals surface area contributed by atoms with E-state index in [1.165, 1.54) is 18.7 Å². The molecule has 0 heterocycles. The van der Waals surface area contributed by atoms with Crippen molar-refractivity contribution >= 4 is 28.8 Å². The standard InChI is InChI=1S/C7H14N2O2S.C2HF3O2/c1-5(8)7(11)9-3-4-12-6(2)10;3-2(4,5)1(6)7/h5H,3-4,8H2,1-2H3,(H,9,11);(H,6,7). The summed E-state index contributed by atoms with van der Waals surface area (Å²) in [5, 5.41) is 11.5. The SMILES string of the molecule is CC(=O)SCCNC(=O)C(C)[NH3+].O=C([O-])C(F)(F)F. The topological polar surface area (TPSA) is 114 Å². The number of amides is 1. The summed E-state index contributed by atoms with van der Waals surface area (Å²) in [7, 11) is 0. The van der Waals surface area contributed by atoms with Crippen LogP contribution in [0.4, 0.5) is 13.2 Å². The number of hydrogen-bond acceptors (Lipinski definition) is 5. The zero-order valence-corrected chi connectivity index (χ0v) is 11.2. The minimum atomic E-state index is -5.19. The van der Waals surface area contributed by atoms with Crippen molar-refractivity contribution in [3.8, 4) is 0 Å². The van der Waals surface area contributed by atoms with Gasteiger partial charge in [0.25, 0.3) is 5.91 Å². The molecular formula is C9H15F3N2O4S. The van der Waals surface area contributed by atoms with Gasteiger partial charge in [-0.15, -0.1) is 0 Å². The van der Waals surface area contributed by atoms with E-state index in [-0.39, 0.29) is 17.1 Å². The van der Waals surface area contributed by atoms with Gasteiger partial charge in [-0.3, -0.25) is 9.59 Å². The van der Waals surface area contributed by atoms with E-state index < -0.39 is 12.1 Å². The number of rotatable bonds is 4. The first-order chi connectivity index (χ1) is 8.48. The van der Waals surface area contributed by atoms with Crippen molar-refractivity contribution in [2.45, 2.75) is 26.1 Å². The smallest absolute Gasteiger partial charge is 0.430 e. The highest BCUT2D eigenvalue weighted by Gasteiger charge is 2.28. The highest BCUT2D eigenvalue weighted by molar-refractivity contribution is 8.13. The molecule has 0 rings (SSSR count). The molecule has 0 aromatic rings. The lowest BCUT2D eigenvalue weighted by Gasteiger charge is -2.03. The Labute approximate surface area is 111 Å². The maximum absolute atomic E-state index is 10.9. The van der Waals surface area contributed by atoms with Crippen LogP contribution in [0, 0.1) is 0 Å². The number of carbonyl (C=O) groups excluding carboxylic acids is 3. The van der Waals surface area contributed by atoms with Gasteiger partial charge in [0.2, 0.25) is 0 Å². The maximum Gasteiger partial charge on any atom is 0.430 e. The van der Waals surface area contributed by atoms with Gasteiger partial charge in [-0.1, -0.05) is 11.8 Å². The monoisotopic (exact) mass is 304 g/mol.